The van der Waals surface area contributed by atoms with Crippen molar-refractivity contribution in [3.8, 4) is 0 Å². The van der Waals surface area contributed by atoms with Crippen molar-refractivity contribution in [1.29, 1.82) is 0 Å². The van der Waals surface area contributed by atoms with Crippen LogP contribution < -0.4 is 10.2 Å². The topological polar surface area (TPSA) is 71.5 Å². The highest BCUT2D eigenvalue weighted by molar-refractivity contribution is 6.04. The molecular formula is C21H19N3O3. The molecule has 0 aliphatic rings. The zero-order chi connectivity index (χ0) is 19.2. The molecule has 1 N–H and O–H groups in total. The van der Waals surface area contributed by atoms with Crippen molar-refractivity contribution in [1.82, 2.24) is 4.98 Å². The minimum absolute atomic E-state index is 0.215. The molecule has 6 nitrogen and oxygen atoms in total. The fourth-order valence-corrected chi connectivity index (χ4v) is 2.57. The molecular weight excluding hydrogens is 342 g/mol. The summed E-state index contributed by atoms with van der Waals surface area (Å²) in [7, 11) is 3.05. The summed E-state index contributed by atoms with van der Waals surface area (Å²) in [5.41, 5.74) is 2.94. The lowest BCUT2D eigenvalue weighted by molar-refractivity contribution is 0.0600. The van der Waals surface area contributed by atoms with E-state index in [1.54, 1.807) is 48.5 Å². The van der Waals surface area contributed by atoms with Gasteiger partial charge < -0.3 is 15.0 Å². The molecule has 2 aromatic carbocycles. The second-order valence-corrected chi connectivity index (χ2v) is 5.83. The Morgan fingerprint density at radius 1 is 0.963 bits per heavy atom. The highest BCUT2D eigenvalue weighted by atomic mass is 16.5. The van der Waals surface area contributed by atoms with E-state index in [4.69, 9.17) is 4.74 Å². The molecule has 0 aliphatic carbocycles. The number of pyridine rings is 1. The summed E-state index contributed by atoms with van der Waals surface area (Å²) in [5, 5.41) is 3.18. The van der Waals surface area contributed by atoms with E-state index in [2.05, 4.69) is 10.3 Å². The number of amides is 1. The van der Waals surface area contributed by atoms with Gasteiger partial charge in [-0.15, -0.1) is 0 Å². The van der Waals surface area contributed by atoms with Gasteiger partial charge in [0.25, 0.3) is 5.91 Å². The second-order valence-electron chi connectivity index (χ2n) is 5.83. The molecule has 27 heavy (non-hydrogen) atoms. The molecule has 1 heterocycles. The van der Waals surface area contributed by atoms with Gasteiger partial charge in [0.05, 0.1) is 12.7 Å². The number of aromatic nitrogens is 1. The molecule has 0 aliphatic heterocycles. The number of esters is 1. The van der Waals surface area contributed by atoms with Crippen LogP contribution >= 0.6 is 0 Å². The molecule has 0 radical (unpaired) electrons. The van der Waals surface area contributed by atoms with Crippen LogP contribution in [0.2, 0.25) is 0 Å². The van der Waals surface area contributed by atoms with Gasteiger partial charge in [-0.3, -0.25) is 9.78 Å². The number of anilines is 3. The highest BCUT2D eigenvalue weighted by Gasteiger charge is 2.15. The van der Waals surface area contributed by atoms with E-state index in [9.17, 15) is 9.59 Å². The predicted molar refractivity (Wildman–Crippen MR) is 104 cm³/mol. The summed E-state index contributed by atoms with van der Waals surface area (Å²) in [4.78, 5) is 30.1. The quantitative estimate of drug-likeness (QED) is 0.698. The second kappa shape index (κ2) is 8.14. The molecule has 0 fully saturated rings. The largest absolute Gasteiger partial charge is 0.465 e. The third kappa shape index (κ3) is 4.30. The Morgan fingerprint density at radius 3 is 2.44 bits per heavy atom. The lowest BCUT2D eigenvalue weighted by atomic mass is 10.2. The van der Waals surface area contributed by atoms with Gasteiger partial charge in [0.15, 0.2) is 0 Å². The molecule has 0 spiro atoms. The van der Waals surface area contributed by atoms with E-state index < -0.39 is 5.97 Å². The standard InChI is InChI=1S/C21H19N3O3/c1-24(18-9-4-3-5-10-18)20(25)19-14-17(11-12-22-19)23-16-8-6-7-15(13-16)21(26)27-2/h3-14H,1-2H3,(H,22,23). The van der Waals surface area contributed by atoms with Crippen molar-refractivity contribution in [2.75, 3.05) is 24.4 Å². The molecule has 136 valence electrons. The normalized spacial score (nSPS) is 10.1. The van der Waals surface area contributed by atoms with Crippen LogP contribution in [0.1, 0.15) is 20.8 Å². The van der Waals surface area contributed by atoms with Gasteiger partial charge in [-0.2, -0.15) is 0 Å². The zero-order valence-electron chi connectivity index (χ0n) is 15.0. The Bertz CT molecular complexity index is 958. The molecule has 1 amide bonds. The van der Waals surface area contributed by atoms with Crippen LogP contribution in [-0.4, -0.2) is 31.0 Å². The summed E-state index contributed by atoms with van der Waals surface area (Å²) < 4.78 is 4.73. The van der Waals surface area contributed by atoms with Gasteiger partial charge in [0.2, 0.25) is 0 Å². The molecule has 3 rings (SSSR count). The van der Waals surface area contributed by atoms with Crippen molar-refractivity contribution in [2.24, 2.45) is 0 Å². The van der Waals surface area contributed by atoms with Crippen molar-refractivity contribution in [2.45, 2.75) is 0 Å². The summed E-state index contributed by atoms with van der Waals surface area (Å²) in [6.45, 7) is 0. The number of hydrogen-bond acceptors (Lipinski definition) is 5. The Kier molecular flexibility index (Phi) is 5.47. The van der Waals surface area contributed by atoms with Crippen LogP contribution in [0.15, 0.2) is 72.9 Å². The Balaban J connectivity index is 1.80. The third-order valence-electron chi connectivity index (χ3n) is 4.00. The number of benzene rings is 2. The number of hydrogen-bond donors (Lipinski definition) is 1. The Hall–Kier alpha value is -3.67. The van der Waals surface area contributed by atoms with Crippen LogP contribution in [-0.2, 0) is 4.74 Å². The summed E-state index contributed by atoms with van der Waals surface area (Å²) in [6, 6.07) is 19.7. The van der Waals surface area contributed by atoms with Gasteiger partial charge in [0, 0.05) is 30.3 Å². The van der Waals surface area contributed by atoms with E-state index in [0.717, 1.165) is 5.69 Å². The fraction of sp³-hybridized carbons (Fsp3) is 0.0952. The average Bonchev–Trinajstić information content (AvgIpc) is 2.73. The number of para-hydroxylation sites is 1. The van der Waals surface area contributed by atoms with Crippen molar-refractivity contribution in [3.63, 3.8) is 0 Å². The van der Waals surface area contributed by atoms with Gasteiger partial charge in [-0.1, -0.05) is 24.3 Å². The number of rotatable bonds is 5. The van der Waals surface area contributed by atoms with E-state index >= 15 is 0 Å². The van der Waals surface area contributed by atoms with Crippen LogP contribution in [0.5, 0.6) is 0 Å². The number of carbonyl (C=O) groups excluding carboxylic acids is 2. The first-order valence-electron chi connectivity index (χ1n) is 8.33. The van der Waals surface area contributed by atoms with Crippen LogP contribution in [0, 0.1) is 0 Å². The van der Waals surface area contributed by atoms with E-state index in [-0.39, 0.29) is 5.91 Å². The monoisotopic (exact) mass is 361 g/mol. The van der Waals surface area contributed by atoms with Gasteiger partial charge in [0.1, 0.15) is 5.69 Å². The number of methoxy groups -OCH3 is 1. The maximum atomic E-state index is 12.7. The van der Waals surface area contributed by atoms with E-state index in [1.165, 1.54) is 7.11 Å². The van der Waals surface area contributed by atoms with Crippen LogP contribution in [0.25, 0.3) is 0 Å². The zero-order valence-corrected chi connectivity index (χ0v) is 15.0. The number of carbonyl (C=O) groups is 2. The number of ether oxygens (including phenoxy) is 1. The first-order valence-corrected chi connectivity index (χ1v) is 8.33. The molecule has 1 aromatic heterocycles. The maximum absolute atomic E-state index is 12.7. The minimum atomic E-state index is -0.409. The predicted octanol–water partition coefficient (Wildman–Crippen LogP) is 3.89. The Morgan fingerprint density at radius 2 is 1.70 bits per heavy atom. The van der Waals surface area contributed by atoms with Gasteiger partial charge >= 0.3 is 5.97 Å². The van der Waals surface area contributed by atoms with Crippen molar-refractivity contribution < 1.29 is 14.3 Å². The van der Waals surface area contributed by atoms with Crippen molar-refractivity contribution in [3.05, 3.63) is 84.2 Å². The SMILES string of the molecule is COC(=O)c1cccc(Nc2ccnc(C(=O)N(C)c3ccccc3)c2)c1. The summed E-state index contributed by atoms with van der Waals surface area (Å²) in [6.07, 6.45) is 1.57. The molecule has 0 bridgehead atoms. The molecule has 0 saturated heterocycles. The first kappa shape index (κ1) is 18.1. The number of nitrogens with zero attached hydrogens (tertiary/aromatic N) is 2. The van der Waals surface area contributed by atoms with E-state index in [1.807, 2.05) is 36.4 Å². The third-order valence-corrected chi connectivity index (χ3v) is 4.00. The maximum Gasteiger partial charge on any atom is 0.337 e. The highest BCUT2D eigenvalue weighted by Crippen LogP contribution is 2.20. The first-order chi connectivity index (χ1) is 13.1. The van der Waals surface area contributed by atoms with Crippen molar-refractivity contribution >= 4 is 28.9 Å². The average molecular weight is 361 g/mol. The lowest BCUT2D eigenvalue weighted by Gasteiger charge is -2.17. The summed E-state index contributed by atoms with van der Waals surface area (Å²) in [5.74, 6) is -0.623. The molecule has 0 unspecified atom stereocenters. The number of nitrogens with one attached hydrogen (secondary N) is 1. The molecule has 6 heteroatoms. The molecule has 3 aromatic rings. The minimum Gasteiger partial charge on any atom is -0.465 e. The smallest absolute Gasteiger partial charge is 0.337 e. The molecule has 0 atom stereocenters. The van der Waals surface area contributed by atoms with Gasteiger partial charge in [-0.25, -0.2) is 4.79 Å². The molecule has 0 saturated carbocycles. The summed E-state index contributed by atoms with van der Waals surface area (Å²) >= 11 is 0. The fourth-order valence-electron chi connectivity index (χ4n) is 2.57. The van der Waals surface area contributed by atoms with Gasteiger partial charge in [-0.05, 0) is 42.5 Å². The Labute approximate surface area is 157 Å². The lowest BCUT2D eigenvalue weighted by Crippen LogP contribution is -2.27. The van der Waals surface area contributed by atoms with Crippen LogP contribution in [0.4, 0.5) is 17.1 Å². The van der Waals surface area contributed by atoms with Crippen LogP contribution in [0.3, 0.4) is 0 Å². The van der Waals surface area contributed by atoms with E-state index in [0.29, 0.717) is 22.6 Å².